The molecule has 1 aliphatic rings. The molecule has 4 nitrogen and oxygen atoms in total. The van der Waals surface area contributed by atoms with Gasteiger partial charge in [-0.25, -0.2) is 0 Å². The minimum Gasteiger partial charge on any atom is -0.487 e. The molecule has 0 fully saturated rings. The zero-order valence-corrected chi connectivity index (χ0v) is 13.9. The van der Waals surface area contributed by atoms with Crippen molar-refractivity contribution in [3.8, 4) is 5.75 Å². The van der Waals surface area contributed by atoms with Gasteiger partial charge in [-0.15, -0.1) is 0 Å². The lowest BCUT2D eigenvalue weighted by molar-refractivity contribution is -0.139. The molecule has 0 spiro atoms. The molecule has 2 N–H and O–H groups in total. The first kappa shape index (κ1) is 19.0. The highest BCUT2D eigenvalue weighted by molar-refractivity contribution is 5.41. The summed E-state index contributed by atoms with van der Waals surface area (Å²) in [5.74, 6) is 0.806. The molecule has 0 bridgehead atoms. The summed E-state index contributed by atoms with van der Waals surface area (Å²) in [6, 6.07) is 5.60. The van der Waals surface area contributed by atoms with Crippen LogP contribution < -0.4 is 4.74 Å². The lowest BCUT2D eigenvalue weighted by atomic mass is 10.00. The summed E-state index contributed by atoms with van der Waals surface area (Å²) >= 11 is 0. The van der Waals surface area contributed by atoms with Gasteiger partial charge in [0.25, 0.3) is 0 Å². The molecular weight excluding hydrogens is 323 g/mol. The normalized spacial score (nSPS) is 17.7. The van der Waals surface area contributed by atoms with Crippen molar-refractivity contribution in [3.63, 3.8) is 0 Å². The molecule has 0 amide bonds. The van der Waals surface area contributed by atoms with E-state index in [0.717, 1.165) is 23.3 Å². The molecule has 24 heavy (non-hydrogen) atoms. The predicted molar refractivity (Wildman–Crippen MR) is 83.9 cm³/mol. The van der Waals surface area contributed by atoms with Crippen LogP contribution in [-0.2, 0) is 13.0 Å². The Balaban J connectivity index is 2.06. The Morgan fingerprint density at radius 2 is 2.04 bits per heavy atom. The number of benzene rings is 1. The standard InChI is InChI=1S/C17H24F3NO3/c1-16(2)8-13-7-12(3-4-15(13)24-16)9-21(10-14(23)11-22)6-5-17(18,19)20/h3-4,7,14,22-23H,5-6,8-11H2,1-2H3/t14-/m0/s1. The van der Waals surface area contributed by atoms with Gasteiger partial charge in [-0.3, -0.25) is 4.90 Å². The summed E-state index contributed by atoms with van der Waals surface area (Å²) in [5.41, 5.74) is 1.63. The highest BCUT2D eigenvalue weighted by Gasteiger charge is 2.31. The molecule has 1 aromatic carbocycles. The van der Waals surface area contributed by atoms with Crippen LogP contribution in [0.25, 0.3) is 0 Å². The minimum atomic E-state index is -4.25. The zero-order chi connectivity index (χ0) is 18.0. The number of fused-ring (bicyclic) bond motifs is 1. The van der Waals surface area contributed by atoms with E-state index in [1.165, 1.54) is 4.90 Å². The van der Waals surface area contributed by atoms with Crippen molar-refractivity contribution in [2.75, 3.05) is 19.7 Å². The third-order valence-corrected chi connectivity index (χ3v) is 3.92. The number of alkyl halides is 3. The fraction of sp³-hybridized carbons (Fsp3) is 0.647. The Morgan fingerprint density at radius 1 is 1.33 bits per heavy atom. The molecule has 1 aromatic rings. The van der Waals surface area contributed by atoms with Crippen LogP contribution in [0, 0.1) is 0 Å². The average Bonchev–Trinajstić information content (AvgIpc) is 2.76. The van der Waals surface area contributed by atoms with Crippen LogP contribution in [-0.4, -0.2) is 52.7 Å². The van der Waals surface area contributed by atoms with Crippen molar-refractivity contribution in [2.45, 2.75) is 51.1 Å². The molecule has 1 aliphatic heterocycles. The number of aliphatic hydroxyl groups excluding tert-OH is 2. The number of rotatable bonds is 7. The van der Waals surface area contributed by atoms with E-state index in [1.807, 2.05) is 32.0 Å². The Labute approximate surface area is 139 Å². The number of hydrogen-bond acceptors (Lipinski definition) is 4. The number of aliphatic hydroxyl groups is 2. The maximum Gasteiger partial charge on any atom is 0.390 e. The van der Waals surface area contributed by atoms with Crippen molar-refractivity contribution in [2.24, 2.45) is 0 Å². The first-order valence-corrected chi connectivity index (χ1v) is 7.97. The van der Waals surface area contributed by atoms with Crippen molar-refractivity contribution in [3.05, 3.63) is 29.3 Å². The molecule has 0 saturated heterocycles. The van der Waals surface area contributed by atoms with Gasteiger partial charge < -0.3 is 14.9 Å². The number of halogens is 3. The summed E-state index contributed by atoms with van der Waals surface area (Å²) in [7, 11) is 0. The number of hydrogen-bond donors (Lipinski definition) is 2. The van der Waals surface area contributed by atoms with Crippen LogP contribution in [0.3, 0.4) is 0 Å². The van der Waals surface area contributed by atoms with Crippen molar-refractivity contribution in [1.29, 1.82) is 0 Å². The zero-order valence-electron chi connectivity index (χ0n) is 13.9. The maximum absolute atomic E-state index is 12.5. The van der Waals surface area contributed by atoms with E-state index < -0.39 is 25.3 Å². The van der Waals surface area contributed by atoms with E-state index >= 15 is 0 Å². The van der Waals surface area contributed by atoms with Gasteiger partial charge in [0, 0.05) is 26.1 Å². The molecule has 136 valence electrons. The summed E-state index contributed by atoms with van der Waals surface area (Å²) in [5, 5.41) is 18.5. The molecule has 2 rings (SSSR count). The lowest BCUT2D eigenvalue weighted by Gasteiger charge is -2.25. The van der Waals surface area contributed by atoms with E-state index in [2.05, 4.69) is 0 Å². The van der Waals surface area contributed by atoms with Gasteiger partial charge in [0.1, 0.15) is 11.4 Å². The molecule has 1 heterocycles. The molecule has 0 aliphatic carbocycles. The van der Waals surface area contributed by atoms with Crippen LogP contribution in [0.4, 0.5) is 13.2 Å². The quantitative estimate of drug-likeness (QED) is 0.796. The van der Waals surface area contributed by atoms with Crippen LogP contribution in [0.5, 0.6) is 5.75 Å². The SMILES string of the molecule is CC1(C)Cc2cc(CN(CCC(F)(F)F)C[C@H](O)CO)ccc2O1. The van der Waals surface area contributed by atoms with Gasteiger partial charge in [0.2, 0.25) is 0 Å². The monoisotopic (exact) mass is 347 g/mol. The Bertz CT molecular complexity index is 561. The summed E-state index contributed by atoms with van der Waals surface area (Å²) in [4.78, 5) is 1.51. The third-order valence-electron chi connectivity index (χ3n) is 3.92. The molecule has 1 atom stereocenters. The fourth-order valence-corrected chi connectivity index (χ4v) is 2.90. The minimum absolute atomic E-state index is 0.00828. The molecule has 0 unspecified atom stereocenters. The number of ether oxygens (including phenoxy) is 1. The predicted octanol–water partition coefficient (Wildman–Crippen LogP) is 2.51. The summed E-state index contributed by atoms with van der Waals surface area (Å²) in [6.45, 7) is 3.54. The van der Waals surface area contributed by atoms with Gasteiger partial charge in [-0.1, -0.05) is 12.1 Å². The van der Waals surface area contributed by atoms with Gasteiger partial charge in [0.05, 0.1) is 19.1 Å². The lowest BCUT2D eigenvalue weighted by Crippen LogP contribution is -2.36. The summed E-state index contributed by atoms with van der Waals surface area (Å²) in [6.07, 6.45) is -5.52. The van der Waals surface area contributed by atoms with E-state index in [4.69, 9.17) is 9.84 Å². The van der Waals surface area contributed by atoms with E-state index in [1.54, 1.807) is 0 Å². The Morgan fingerprint density at radius 3 is 2.67 bits per heavy atom. The van der Waals surface area contributed by atoms with E-state index in [9.17, 15) is 18.3 Å². The topological polar surface area (TPSA) is 52.9 Å². The Hall–Kier alpha value is -1.31. The molecule has 0 saturated carbocycles. The first-order valence-electron chi connectivity index (χ1n) is 7.97. The smallest absolute Gasteiger partial charge is 0.390 e. The largest absolute Gasteiger partial charge is 0.487 e. The molecular formula is C17H24F3NO3. The second kappa shape index (κ2) is 7.29. The van der Waals surface area contributed by atoms with Crippen LogP contribution >= 0.6 is 0 Å². The molecule has 0 aromatic heterocycles. The second-order valence-electron chi connectivity index (χ2n) is 6.92. The van der Waals surface area contributed by atoms with Crippen molar-refractivity contribution >= 4 is 0 Å². The third kappa shape index (κ3) is 5.65. The Kier molecular flexibility index (Phi) is 5.78. The summed E-state index contributed by atoms with van der Waals surface area (Å²) < 4.78 is 43.2. The van der Waals surface area contributed by atoms with Crippen LogP contribution in [0.1, 0.15) is 31.4 Å². The van der Waals surface area contributed by atoms with Crippen molar-refractivity contribution in [1.82, 2.24) is 4.90 Å². The molecule has 0 radical (unpaired) electrons. The first-order chi connectivity index (χ1) is 11.1. The van der Waals surface area contributed by atoms with Gasteiger partial charge in [-0.2, -0.15) is 13.2 Å². The van der Waals surface area contributed by atoms with E-state index in [-0.39, 0.29) is 25.2 Å². The van der Waals surface area contributed by atoms with Crippen LogP contribution in [0.15, 0.2) is 18.2 Å². The average molecular weight is 347 g/mol. The highest BCUT2D eigenvalue weighted by Crippen LogP contribution is 2.35. The van der Waals surface area contributed by atoms with Gasteiger partial charge in [-0.05, 0) is 31.0 Å². The molecule has 7 heteroatoms. The van der Waals surface area contributed by atoms with Crippen molar-refractivity contribution < 1.29 is 28.1 Å². The van der Waals surface area contributed by atoms with Gasteiger partial charge >= 0.3 is 6.18 Å². The second-order valence-corrected chi connectivity index (χ2v) is 6.92. The van der Waals surface area contributed by atoms with E-state index in [0.29, 0.717) is 0 Å². The number of nitrogens with zero attached hydrogens (tertiary/aromatic N) is 1. The maximum atomic E-state index is 12.5. The highest BCUT2D eigenvalue weighted by atomic mass is 19.4. The fourth-order valence-electron chi connectivity index (χ4n) is 2.90. The van der Waals surface area contributed by atoms with Crippen LogP contribution in [0.2, 0.25) is 0 Å². The van der Waals surface area contributed by atoms with Gasteiger partial charge in [0.15, 0.2) is 0 Å².